The molecule has 1 N–H and O–H groups in total. The minimum Gasteiger partial charge on any atom is -0.352 e. The number of carbonyl (C=O) groups excluding carboxylic acids is 1. The summed E-state index contributed by atoms with van der Waals surface area (Å²) in [5, 5.41) is 11.8. The van der Waals surface area contributed by atoms with Crippen LogP contribution in [-0.2, 0) is 6.54 Å². The van der Waals surface area contributed by atoms with Gasteiger partial charge in [-0.3, -0.25) is 4.79 Å². The first-order chi connectivity index (χ1) is 11.7. The van der Waals surface area contributed by atoms with Gasteiger partial charge < -0.3 is 9.88 Å². The summed E-state index contributed by atoms with van der Waals surface area (Å²) in [5.41, 5.74) is 3.11. The highest BCUT2D eigenvalue weighted by Gasteiger charge is 2.08. The van der Waals surface area contributed by atoms with Crippen molar-refractivity contribution in [2.45, 2.75) is 19.9 Å². The van der Waals surface area contributed by atoms with Crippen molar-refractivity contribution in [3.05, 3.63) is 65.5 Å². The number of para-hydroxylation sites is 2. The van der Waals surface area contributed by atoms with Gasteiger partial charge in [-0.2, -0.15) is 5.26 Å². The molecule has 0 unspecified atom stereocenters. The van der Waals surface area contributed by atoms with E-state index in [1.54, 1.807) is 24.3 Å². The van der Waals surface area contributed by atoms with E-state index < -0.39 is 0 Å². The fourth-order valence-corrected chi connectivity index (χ4v) is 2.75. The highest BCUT2D eigenvalue weighted by molar-refractivity contribution is 5.94. The normalized spacial score (nSPS) is 10.5. The lowest BCUT2D eigenvalue weighted by Crippen LogP contribution is -2.25. The van der Waals surface area contributed by atoms with Gasteiger partial charge in [-0.25, -0.2) is 4.98 Å². The number of nitrogens with one attached hydrogen (secondary N) is 1. The zero-order valence-corrected chi connectivity index (χ0v) is 13.5. The van der Waals surface area contributed by atoms with Crippen molar-refractivity contribution in [3.63, 3.8) is 0 Å². The summed E-state index contributed by atoms with van der Waals surface area (Å²) in [6.07, 6.45) is 0.810. The average molecular weight is 318 g/mol. The Kier molecular flexibility index (Phi) is 4.57. The van der Waals surface area contributed by atoms with Crippen molar-refractivity contribution in [1.29, 1.82) is 5.26 Å². The van der Waals surface area contributed by atoms with Crippen LogP contribution in [0.1, 0.15) is 28.2 Å². The molecule has 3 rings (SSSR count). The summed E-state index contributed by atoms with van der Waals surface area (Å²) in [7, 11) is 0. The molecular weight excluding hydrogens is 300 g/mol. The third-order valence-corrected chi connectivity index (χ3v) is 3.94. The number of nitrogens with zero attached hydrogens (tertiary/aromatic N) is 3. The van der Waals surface area contributed by atoms with Crippen LogP contribution >= 0.6 is 0 Å². The molecule has 5 nitrogen and oxygen atoms in total. The lowest BCUT2D eigenvalue weighted by Gasteiger charge is -2.08. The Bertz CT molecular complexity index is 921. The molecule has 0 saturated carbocycles. The number of rotatable bonds is 5. The molecule has 0 fully saturated rings. The fourth-order valence-electron chi connectivity index (χ4n) is 2.75. The van der Waals surface area contributed by atoms with Gasteiger partial charge in [0.2, 0.25) is 0 Å². The maximum atomic E-state index is 12.1. The fraction of sp³-hybridized carbons (Fsp3) is 0.211. The summed E-state index contributed by atoms with van der Waals surface area (Å²) in [5.74, 6) is 0.823. The van der Waals surface area contributed by atoms with E-state index in [4.69, 9.17) is 5.26 Å². The summed E-state index contributed by atoms with van der Waals surface area (Å²) in [4.78, 5) is 16.7. The molecule has 0 atom stereocenters. The van der Waals surface area contributed by atoms with Crippen LogP contribution in [0.3, 0.4) is 0 Å². The molecule has 0 radical (unpaired) electrons. The zero-order chi connectivity index (χ0) is 16.9. The smallest absolute Gasteiger partial charge is 0.251 e. The maximum Gasteiger partial charge on any atom is 0.251 e. The molecule has 3 aromatic rings. The van der Waals surface area contributed by atoms with E-state index in [1.807, 2.05) is 31.2 Å². The minimum atomic E-state index is -0.153. The minimum absolute atomic E-state index is 0.153. The second-order valence-corrected chi connectivity index (χ2v) is 5.60. The summed E-state index contributed by atoms with van der Waals surface area (Å²) < 4.78 is 2.16. The molecule has 0 aliphatic carbocycles. The molecule has 0 aliphatic rings. The molecule has 1 aromatic heterocycles. The Balaban J connectivity index is 1.58. The maximum absolute atomic E-state index is 12.1. The molecule has 0 bridgehead atoms. The van der Waals surface area contributed by atoms with Crippen LogP contribution in [0.25, 0.3) is 11.0 Å². The first-order valence-corrected chi connectivity index (χ1v) is 7.89. The van der Waals surface area contributed by atoms with E-state index in [1.165, 1.54) is 0 Å². The number of hydrogen-bond donors (Lipinski definition) is 1. The van der Waals surface area contributed by atoms with Crippen LogP contribution in [0.4, 0.5) is 0 Å². The van der Waals surface area contributed by atoms with Gasteiger partial charge in [0.05, 0.1) is 22.7 Å². The Morgan fingerprint density at radius 2 is 2.08 bits per heavy atom. The van der Waals surface area contributed by atoms with Gasteiger partial charge in [-0.05, 0) is 43.7 Å². The SMILES string of the molecule is Cc1nc2ccccc2n1CCCNC(=O)c1cccc(C#N)c1. The first kappa shape index (κ1) is 15.8. The average Bonchev–Trinajstić information content (AvgIpc) is 2.94. The second-order valence-electron chi connectivity index (χ2n) is 5.60. The predicted molar refractivity (Wildman–Crippen MR) is 92.6 cm³/mol. The van der Waals surface area contributed by atoms with Crippen LogP contribution in [-0.4, -0.2) is 22.0 Å². The van der Waals surface area contributed by atoms with Crippen molar-refractivity contribution in [3.8, 4) is 6.07 Å². The topological polar surface area (TPSA) is 70.7 Å². The van der Waals surface area contributed by atoms with Gasteiger partial charge >= 0.3 is 0 Å². The van der Waals surface area contributed by atoms with Crippen molar-refractivity contribution in [2.24, 2.45) is 0 Å². The van der Waals surface area contributed by atoms with Crippen LogP contribution in [0.5, 0.6) is 0 Å². The molecule has 120 valence electrons. The first-order valence-electron chi connectivity index (χ1n) is 7.89. The Hall–Kier alpha value is -3.13. The molecule has 0 aliphatic heterocycles. The molecular formula is C19H18N4O. The number of fused-ring (bicyclic) bond motifs is 1. The van der Waals surface area contributed by atoms with E-state index in [-0.39, 0.29) is 5.91 Å². The van der Waals surface area contributed by atoms with E-state index in [0.717, 1.165) is 29.8 Å². The third-order valence-electron chi connectivity index (χ3n) is 3.94. The third kappa shape index (κ3) is 3.28. The number of aromatic nitrogens is 2. The second kappa shape index (κ2) is 6.97. The standard InChI is InChI=1S/C19H18N4O/c1-14-22-17-8-2-3-9-18(17)23(14)11-5-10-21-19(24)16-7-4-6-15(12-16)13-20/h2-4,6-9,12H,5,10-11H2,1H3,(H,21,24). The van der Waals surface area contributed by atoms with Crippen LogP contribution in [0.15, 0.2) is 48.5 Å². The highest BCUT2D eigenvalue weighted by Crippen LogP contribution is 2.15. The van der Waals surface area contributed by atoms with E-state index in [0.29, 0.717) is 17.7 Å². The van der Waals surface area contributed by atoms with Crippen molar-refractivity contribution in [1.82, 2.24) is 14.9 Å². The molecule has 2 aromatic carbocycles. The van der Waals surface area contributed by atoms with Crippen LogP contribution in [0, 0.1) is 18.3 Å². The van der Waals surface area contributed by atoms with Crippen molar-refractivity contribution < 1.29 is 4.79 Å². The lowest BCUT2D eigenvalue weighted by atomic mass is 10.1. The Morgan fingerprint density at radius 3 is 2.92 bits per heavy atom. The van der Waals surface area contributed by atoms with Crippen molar-refractivity contribution in [2.75, 3.05) is 6.54 Å². The number of nitriles is 1. The lowest BCUT2D eigenvalue weighted by molar-refractivity contribution is 0.0952. The molecule has 1 heterocycles. The van der Waals surface area contributed by atoms with Gasteiger partial charge in [-0.1, -0.05) is 18.2 Å². The number of hydrogen-bond acceptors (Lipinski definition) is 3. The van der Waals surface area contributed by atoms with Crippen LogP contribution in [0.2, 0.25) is 0 Å². The zero-order valence-electron chi connectivity index (χ0n) is 13.5. The van der Waals surface area contributed by atoms with Crippen molar-refractivity contribution >= 4 is 16.9 Å². The number of imidazole rings is 1. The molecule has 24 heavy (non-hydrogen) atoms. The quantitative estimate of drug-likeness (QED) is 0.735. The summed E-state index contributed by atoms with van der Waals surface area (Å²) in [6.45, 7) is 3.36. The Labute approximate surface area is 140 Å². The van der Waals surface area contributed by atoms with Gasteiger partial charge in [-0.15, -0.1) is 0 Å². The largest absolute Gasteiger partial charge is 0.352 e. The number of benzene rings is 2. The highest BCUT2D eigenvalue weighted by atomic mass is 16.1. The van der Waals surface area contributed by atoms with Crippen LogP contribution < -0.4 is 5.32 Å². The number of carbonyl (C=O) groups is 1. The van der Waals surface area contributed by atoms with E-state index in [2.05, 4.69) is 20.9 Å². The summed E-state index contributed by atoms with van der Waals surface area (Å²) >= 11 is 0. The van der Waals surface area contributed by atoms with Gasteiger partial charge in [0.1, 0.15) is 5.82 Å². The predicted octanol–water partition coefficient (Wildman–Crippen LogP) is 3.04. The van der Waals surface area contributed by atoms with E-state index in [9.17, 15) is 4.79 Å². The van der Waals surface area contributed by atoms with E-state index >= 15 is 0 Å². The molecule has 1 amide bonds. The molecule has 0 spiro atoms. The number of amides is 1. The monoisotopic (exact) mass is 318 g/mol. The molecule has 0 saturated heterocycles. The van der Waals surface area contributed by atoms with Gasteiger partial charge in [0, 0.05) is 18.7 Å². The molecule has 5 heteroatoms. The number of aryl methyl sites for hydroxylation is 2. The Morgan fingerprint density at radius 1 is 1.25 bits per heavy atom. The summed E-state index contributed by atoms with van der Waals surface area (Å²) in [6, 6.07) is 16.8. The van der Waals surface area contributed by atoms with Gasteiger partial charge in [0.25, 0.3) is 5.91 Å². The van der Waals surface area contributed by atoms with Gasteiger partial charge in [0.15, 0.2) is 0 Å².